The van der Waals surface area contributed by atoms with Crippen molar-refractivity contribution < 1.29 is 26.7 Å². The summed E-state index contributed by atoms with van der Waals surface area (Å²) in [4.78, 5) is 7.55. The average molecular weight is 430 g/mol. The lowest BCUT2D eigenvalue weighted by Crippen LogP contribution is -2.48. The zero-order valence-corrected chi connectivity index (χ0v) is 15.4. The molecular weight excluding hydrogens is 417 g/mol. The molecule has 0 saturated carbocycles. The average Bonchev–Trinajstić information content (AvgIpc) is 2.66. The predicted octanol–water partition coefficient (Wildman–Crippen LogP) is 4.10. The number of pyridine rings is 1. The number of rotatable bonds is 2. The van der Waals surface area contributed by atoms with Crippen molar-refractivity contribution in [3.63, 3.8) is 0 Å². The number of nitrogens with two attached hydrogens (primary N) is 1. The van der Waals surface area contributed by atoms with Crippen LogP contribution >= 0.6 is 11.6 Å². The van der Waals surface area contributed by atoms with E-state index in [2.05, 4.69) is 26.6 Å². The lowest BCUT2D eigenvalue weighted by atomic mass is 9.84. The zero-order chi connectivity index (χ0) is 21.2. The summed E-state index contributed by atoms with van der Waals surface area (Å²) >= 11 is 5.82. The van der Waals surface area contributed by atoms with Crippen LogP contribution in [0, 0.1) is 17.7 Å². The second kappa shape index (κ2) is 7.87. The Kier molecular flexibility index (Phi) is 5.66. The standard InChI is InChI=1S/C19H13ClF5N3O/c20-13-5-12(8-27-9-13)2-1-11-3-4-15(22)14(6-11)18(10-21)7-16(19(23,24)25)29-17(26)28-18/h3-6,8-9,16H,7,10H2,(H2,26,28)/t16-,18+/m0/s1. The van der Waals surface area contributed by atoms with Crippen LogP contribution in [-0.4, -0.2) is 30.0 Å². The molecule has 1 aliphatic rings. The van der Waals surface area contributed by atoms with Crippen LogP contribution in [0.25, 0.3) is 0 Å². The van der Waals surface area contributed by atoms with E-state index in [0.717, 1.165) is 12.1 Å². The van der Waals surface area contributed by atoms with Gasteiger partial charge in [0.15, 0.2) is 6.10 Å². The first-order valence-corrected chi connectivity index (χ1v) is 8.58. The SMILES string of the molecule is NC1=N[C@](CF)(c2cc(C#Cc3cncc(Cl)c3)ccc2F)C[C@@H](C(F)(F)F)O1. The number of aromatic nitrogens is 1. The van der Waals surface area contributed by atoms with Gasteiger partial charge in [-0.15, -0.1) is 0 Å². The molecule has 10 heteroatoms. The molecule has 0 amide bonds. The molecule has 0 saturated heterocycles. The molecule has 0 fully saturated rings. The van der Waals surface area contributed by atoms with Gasteiger partial charge in [-0.25, -0.2) is 13.8 Å². The minimum absolute atomic E-state index is 0.234. The molecule has 2 atom stereocenters. The first kappa shape index (κ1) is 20.9. The van der Waals surface area contributed by atoms with Crippen molar-refractivity contribution in [2.24, 2.45) is 10.7 Å². The minimum atomic E-state index is -4.82. The molecule has 0 spiro atoms. The van der Waals surface area contributed by atoms with E-state index in [0.29, 0.717) is 10.6 Å². The molecule has 0 aliphatic carbocycles. The minimum Gasteiger partial charge on any atom is -0.452 e. The van der Waals surface area contributed by atoms with Crippen molar-refractivity contribution in [2.45, 2.75) is 24.2 Å². The number of hydrogen-bond acceptors (Lipinski definition) is 4. The van der Waals surface area contributed by atoms with Gasteiger partial charge in [-0.05, 0) is 24.3 Å². The van der Waals surface area contributed by atoms with Gasteiger partial charge in [0.25, 0.3) is 6.02 Å². The highest BCUT2D eigenvalue weighted by atomic mass is 35.5. The van der Waals surface area contributed by atoms with Crippen LogP contribution in [0.2, 0.25) is 5.02 Å². The number of halogens is 6. The third-order valence-corrected chi connectivity index (χ3v) is 4.43. The highest BCUT2D eigenvalue weighted by Crippen LogP contribution is 2.41. The number of aliphatic imine (C=N–C) groups is 1. The molecule has 1 aromatic carbocycles. The summed E-state index contributed by atoms with van der Waals surface area (Å²) < 4.78 is 72.3. The summed E-state index contributed by atoms with van der Waals surface area (Å²) in [5, 5.41) is 0.359. The molecule has 1 aromatic heterocycles. The van der Waals surface area contributed by atoms with Crippen molar-refractivity contribution in [3.8, 4) is 11.8 Å². The molecule has 2 heterocycles. The first-order valence-electron chi connectivity index (χ1n) is 8.20. The number of ether oxygens (including phenoxy) is 1. The van der Waals surface area contributed by atoms with Crippen LogP contribution in [0.4, 0.5) is 22.0 Å². The lowest BCUT2D eigenvalue weighted by Gasteiger charge is -2.36. The molecule has 1 aliphatic heterocycles. The Balaban J connectivity index is 2.03. The van der Waals surface area contributed by atoms with E-state index in [1.54, 1.807) is 6.07 Å². The van der Waals surface area contributed by atoms with E-state index in [-0.39, 0.29) is 5.56 Å². The number of alkyl halides is 4. The summed E-state index contributed by atoms with van der Waals surface area (Å²) in [6.45, 7) is -1.41. The van der Waals surface area contributed by atoms with Gasteiger partial charge < -0.3 is 10.5 Å². The predicted molar refractivity (Wildman–Crippen MR) is 96.4 cm³/mol. The molecule has 152 valence electrons. The van der Waals surface area contributed by atoms with Crippen LogP contribution < -0.4 is 5.73 Å². The fourth-order valence-electron chi connectivity index (χ4n) is 2.87. The Labute approximate surface area is 167 Å². The number of hydrogen-bond donors (Lipinski definition) is 1. The van der Waals surface area contributed by atoms with Gasteiger partial charge in [0, 0.05) is 35.5 Å². The van der Waals surface area contributed by atoms with Crippen molar-refractivity contribution >= 4 is 17.6 Å². The maximum Gasteiger partial charge on any atom is 0.425 e. The maximum atomic E-state index is 14.5. The Morgan fingerprint density at radius 2 is 1.93 bits per heavy atom. The normalized spacial score (nSPS) is 21.6. The van der Waals surface area contributed by atoms with Crippen molar-refractivity contribution in [3.05, 3.63) is 64.2 Å². The van der Waals surface area contributed by atoms with Crippen LogP contribution in [-0.2, 0) is 10.3 Å². The number of nitrogens with zero attached hydrogens (tertiary/aromatic N) is 2. The molecule has 0 radical (unpaired) electrons. The van der Waals surface area contributed by atoms with E-state index < -0.39 is 48.3 Å². The smallest absolute Gasteiger partial charge is 0.425 e. The molecule has 29 heavy (non-hydrogen) atoms. The van der Waals surface area contributed by atoms with E-state index in [9.17, 15) is 22.0 Å². The lowest BCUT2D eigenvalue weighted by molar-refractivity contribution is -0.209. The van der Waals surface area contributed by atoms with Crippen LogP contribution in [0.1, 0.15) is 23.1 Å². The van der Waals surface area contributed by atoms with Crippen LogP contribution in [0.15, 0.2) is 41.7 Å². The third kappa shape index (κ3) is 4.59. The number of amidine groups is 1. The van der Waals surface area contributed by atoms with Crippen molar-refractivity contribution in [1.82, 2.24) is 4.98 Å². The first-order chi connectivity index (χ1) is 13.6. The van der Waals surface area contributed by atoms with E-state index in [1.165, 1.54) is 18.5 Å². The summed E-state index contributed by atoms with van der Waals surface area (Å²) in [5.41, 5.74) is 3.47. The molecule has 3 rings (SSSR count). The van der Waals surface area contributed by atoms with Crippen molar-refractivity contribution in [1.29, 1.82) is 0 Å². The Bertz CT molecular complexity index is 1010. The van der Waals surface area contributed by atoms with E-state index in [4.69, 9.17) is 17.3 Å². The van der Waals surface area contributed by atoms with Gasteiger partial charge in [-0.3, -0.25) is 4.98 Å². The topological polar surface area (TPSA) is 60.5 Å². The highest BCUT2D eigenvalue weighted by molar-refractivity contribution is 6.30. The van der Waals surface area contributed by atoms with Crippen LogP contribution in [0.3, 0.4) is 0 Å². The molecule has 4 nitrogen and oxygen atoms in total. The Hall–Kier alpha value is -2.86. The summed E-state index contributed by atoms with van der Waals surface area (Å²) in [5.74, 6) is 4.53. The zero-order valence-electron chi connectivity index (χ0n) is 14.6. The number of benzene rings is 1. The van der Waals surface area contributed by atoms with Gasteiger partial charge >= 0.3 is 6.18 Å². The van der Waals surface area contributed by atoms with Gasteiger partial charge in [0.2, 0.25) is 0 Å². The summed E-state index contributed by atoms with van der Waals surface area (Å²) in [6, 6.07) is 4.12. The second-order valence-corrected chi connectivity index (χ2v) is 6.74. The van der Waals surface area contributed by atoms with Gasteiger partial charge in [-0.1, -0.05) is 23.4 Å². The summed E-state index contributed by atoms with van der Waals surface area (Å²) in [6.07, 6.45) is -5.33. The van der Waals surface area contributed by atoms with E-state index in [1.807, 2.05) is 0 Å². The Morgan fingerprint density at radius 1 is 1.21 bits per heavy atom. The van der Waals surface area contributed by atoms with Gasteiger partial charge in [-0.2, -0.15) is 13.2 Å². The third-order valence-electron chi connectivity index (χ3n) is 4.22. The highest BCUT2D eigenvalue weighted by Gasteiger charge is 2.52. The molecule has 2 N–H and O–H groups in total. The molecule has 0 bridgehead atoms. The quantitative estimate of drug-likeness (QED) is 0.577. The largest absolute Gasteiger partial charge is 0.452 e. The van der Waals surface area contributed by atoms with Gasteiger partial charge in [0.1, 0.15) is 18.0 Å². The van der Waals surface area contributed by atoms with E-state index >= 15 is 0 Å². The fraction of sp³-hybridized carbons (Fsp3) is 0.263. The second-order valence-electron chi connectivity index (χ2n) is 6.30. The Morgan fingerprint density at radius 3 is 2.59 bits per heavy atom. The molecule has 2 aromatic rings. The molecular formula is C19H13ClF5N3O. The van der Waals surface area contributed by atoms with Gasteiger partial charge in [0.05, 0.1) is 5.02 Å². The maximum absolute atomic E-state index is 14.5. The fourth-order valence-corrected chi connectivity index (χ4v) is 3.04. The van der Waals surface area contributed by atoms with Crippen LogP contribution in [0.5, 0.6) is 0 Å². The monoisotopic (exact) mass is 429 g/mol. The molecule has 0 unspecified atom stereocenters. The summed E-state index contributed by atoms with van der Waals surface area (Å²) in [7, 11) is 0. The van der Waals surface area contributed by atoms with Crippen molar-refractivity contribution in [2.75, 3.05) is 6.67 Å².